The zero-order valence-corrected chi connectivity index (χ0v) is 19.6. The highest BCUT2D eigenvalue weighted by Gasteiger charge is 2.20. The number of aromatic nitrogens is 1. The van der Waals surface area contributed by atoms with E-state index in [1.807, 2.05) is 54.6 Å². The highest BCUT2D eigenvalue weighted by Crippen LogP contribution is 2.41. The predicted molar refractivity (Wildman–Crippen MR) is 130 cm³/mol. The van der Waals surface area contributed by atoms with Crippen molar-refractivity contribution in [1.29, 1.82) is 0 Å². The number of nitrogens with one attached hydrogen (secondary N) is 1. The number of amides is 1. The first-order chi connectivity index (χ1) is 16.5. The van der Waals surface area contributed by atoms with E-state index in [1.165, 1.54) is 12.1 Å². The van der Waals surface area contributed by atoms with Crippen molar-refractivity contribution in [3.8, 4) is 27.8 Å². The minimum Gasteiger partial charge on any atom is -0.491 e. The standard InChI is InChI=1S/C23H19N3O6S2/c1-30-13-14-31-16-9-7-15(8-10-16)20-22(32-17-5-3-2-4-6-17)34-23(24-20)25-21(27)18-11-12-19(33-18)26(28)29/h2-12H,13-14H2,1H3,(H,24,25,27). The Bertz CT molecular complexity index is 1270. The maximum atomic E-state index is 12.6. The summed E-state index contributed by atoms with van der Waals surface area (Å²) in [5.74, 6) is 0.833. The Hall–Kier alpha value is -3.80. The molecule has 0 unspecified atom stereocenters. The van der Waals surface area contributed by atoms with E-state index in [2.05, 4.69) is 10.3 Å². The molecule has 0 radical (unpaired) electrons. The van der Waals surface area contributed by atoms with E-state index in [9.17, 15) is 14.9 Å². The average Bonchev–Trinajstić information content (AvgIpc) is 3.48. The molecule has 0 aliphatic rings. The Morgan fingerprint density at radius 2 is 1.76 bits per heavy atom. The number of methoxy groups -OCH3 is 1. The number of hydrogen-bond acceptors (Lipinski definition) is 9. The number of ether oxygens (including phenoxy) is 3. The van der Waals surface area contributed by atoms with E-state index in [0.29, 0.717) is 40.6 Å². The number of hydrogen-bond donors (Lipinski definition) is 1. The number of rotatable bonds is 10. The van der Waals surface area contributed by atoms with Gasteiger partial charge in [0.2, 0.25) is 5.06 Å². The third kappa shape index (κ3) is 5.76. The molecule has 0 bridgehead atoms. The van der Waals surface area contributed by atoms with Gasteiger partial charge in [0, 0.05) is 18.7 Å². The second-order valence-corrected chi connectivity index (χ2v) is 8.81. The summed E-state index contributed by atoms with van der Waals surface area (Å²) >= 11 is 1.96. The molecule has 2 aromatic carbocycles. The summed E-state index contributed by atoms with van der Waals surface area (Å²) in [6.07, 6.45) is 0. The fourth-order valence-electron chi connectivity index (χ4n) is 2.87. The van der Waals surface area contributed by atoms with Crippen LogP contribution in [0.1, 0.15) is 9.67 Å². The van der Waals surface area contributed by atoms with Gasteiger partial charge in [-0.2, -0.15) is 0 Å². The molecule has 9 nitrogen and oxygen atoms in total. The molecular weight excluding hydrogens is 478 g/mol. The Kier molecular flexibility index (Phi) is 7.48. The maximum absolute atomic E-state index is 12.6. The molecule has 0 spiro atoms. The normalized spacial score (nSPS) is 10.6. The van der Waals surface area contributed by atoms with Gasteiger partial charge in [-0.15, -0.1) is 0 Å². The zero-order chi connectivity index (χ0) is 23.9. The number of thiophene rings is 1. The second kappa shape index (κ2) is 10.9. The van der Waals surface area contributed by atoms with Crippen LogP contribution in [0.15, 0.2) is 66.7 Å². The number of benzene rings is 2. The Morgan fingerprint density at radius 3 is 2.44 bits per heavy atom. The number of anilines is 1. The van der Waals surface area contributed by atoms with E-state index in [1.54, 1.807) is 7.11 Å². The van der Waals surface area contributed by atoms with Crippen LogP contribution in [0.5, 0.6) is 16.6 Å². The third-order valence-electron chi connectivity index (χ3n) is 4.45. The van der Waals surface area contributed by atoms with Crippen LogP contribution in [0.2, 0.25) is 0 Å². The molecule has 0 fully saturated rings. The van der Waals surface area contributed by atoms with Gasteiger partial charge in [-0.05, 0) is 42.5 Å². The molecule has 11 heteroatoms. The Balaban J connectivity index is 1.59. The summed E-state index contributed by atoms with van der Waals surface area (Å²) in [6.45, 7) is 0.922. The van der Waals surface area contributed by atoms with Crippen LogP contribution in [-0.4, -0.2) is 36.1 Å². The quantitative estimate of drug-likeness (QED) is 0.166. The van der Waals surface area contributed by atoms with E-state index in [-0.39, 0.29) is 9.88 Å². The molecule has 0 saturated heterocycles. The first-order valence-electron chi connectivity index (χ1n) is 10.0. The summed E-state index contributed by atoms with van der Waals surface area (Å²) in [5.41, 5.74) is 1.32. The summed E-state index contributed by atoms with van der Waals surface area (Å²) in [7, 11) is 1.61. The summed E-state index contributed by atoms with van der Waals surface area (Å²) in [4.78, 5) is 27.8. The lowest BCUT2D eigenvalue weighted by molar-refractivity contribution is -0.380. The molecule has 2 aromatic heterocycles. The summed E-state index contributed by atoms with van der Waals surface area (Å²) in [5, 5.41) is 14.3. The monoisotopic (exact) mass is 497 g/mol. The molecule has 4 rings (SSSR count). The molecule has 1 amide bonds. The van der Waals surface area contributed by atoms with Crippen LogP contribution < -0.4 is 14.8 Å². The van der Waals surface area contributed by atoms with Crippen molar-refractivity contribution in [2.75, 3.05) is 25.6 Å². The average molecular weight is 498 g/mol. The van der Waals surface area contributed by atoms with Gasteiger partial charge in [0.15, 0.2) is 5.13 Å². The van der Waals surface area contributed by atoms with Crippen molar-refractivity contribution in [2.45, 2.75) is 0 Å². The third-order valence-corrected chi connectivity index (χ3v) is 6.33. The first kappa shape index (κ1) is 23.4. The highest BCUT2D eigenvalue weighted by atomic mass is 32.1. The zero-order valence-electron chi connectivity index (χ0n) is 17.9. The van der Waals surface area contributed by atoms with Crippen LogP contribution in [-0.2, 0) is 4.74 Å². The van der Waals surface area contributed by atoms with Crippen molar-refractivity contribution >= 4 is 38.7 Å². The van der Waals surface area contributed by atoms with Gasteiger partial charge in [-0.25, -0.2) is 4.98 Å². The molecule has 4 aromatic rings. The lowest BCUT2D eigenvalue weighted by Gasteiger charge is -2.07. The van der Waals surface area contributed by atoms with Gasteiger partial charge in [0.05, 0.1) is 16.4 Å². The van der Waals surface area contributed by atoms with Crippen LogP contribution in [0.3, 0.4) is 0 Å². The Labute approximate surface area is 202 Å². The van der Waals surface area contributed by atoms with Crippen LogP contribution in [0.4, 0.5) is 10.1 Å². The number of para-hydroxylation sites is 1. The van der Waals surface area contributed by atoms with Crippen LogP contribution in [0.25, 0.3) is 11.3 Å². The van der Waals surface area contributed by atoms with Crippen LogP contribution in [0, 0.1) is 10.1 Å². The van der Waals surface area contributed by atoms with Gasteiger partial charge in [0.25, 0.3) is 5.91 Å². The second-order valence-electron chi connectivity index (χ2n) is 6.78. The molecule has 34 heavy (non-hydrogen) atoms. The molecule has 0 atom stereocenters. The number of carbonyl (C=O) groups is 1. The van der Waals surface area contributed by atoms with Crippen molar-refractivity contribution in [2.24, 2.45) is 0 Å². The number of nitro groups is 1. The lowest BCUT2D eigenvalue weighted by Crippen LogP contribution is -2.09. The minimum absolute atomic E-state index is 0.106. The van der Waals surface area contributed by atoms with E-state index < -0.39 is 10.8 Å². The molecule has 2 heterocycles. The summed E-state index contributed by atoms with van der Waals surface area (Å²) < 4.78 is 16.6. The maximum Gasteiger partial charge on any atom is 0.324 e. The number of nitrogens with zero attached hydrogens (tertiary/aromatic N) is 2. The molecule has 0 aliphatic carbocycles. The molecule has 0 saturated carbocycles. The largest absolute Gasteiger partial charge is 0.491 e. The van der Waals surface area contributed by atoms with Crippen molar-refractivity contribution in [3.63, 3.8) is 0 Å². The molecule has 1 N–H and O–H groups in total. The van der Waals surface area contributed by atoms with Gasteiger partial charge in [-0.3, -0.25) is 20.2 Å². The first-order valence-corrected chi connectivity index (χ1v) is 11.7. The molecular formula is C23H19N3O6S2. The predicted octanol–water partition coefficient (Wildman–Crippen LogP) is 5.85. The Morgan fingerprint density at radius 1 is 1.00 bits per heavy atom. The van der Waals surface area contributed by atoms with E-state index in [0.717, 1.165) is 28.2 Å². The fraction of sp³-hybridized carbons (Fsp3) is 0.130. The van der Waals surface area contributed by atoms with Gasteiger partial charge < -0.3 is 14.2 Å². The van der Waals surface area contributed by atoms with Crippen LogP contribution >= 0.6 is 22.7 Å². The van der Waals surface area contributed by atoms with Gasteiger partial charge in [0.1, 0.15) is 23.8 Å². The smallest absolute Gasteiger partial charge is 0.324 e. The highest BCUT2D eigenvalue weighted by molar-refractivity contribution is 7.19. The fourth-order valence-corrected chi connectivity index (χ4v) is 4.44. The summed E-state index contributed by atoms with van der Waals surface area (Å²) in [6, 6.07) is 19.3. The topological polar surface area (TPSA) is 113 Å². The molecule has 0 aliphatic heterocycles. The lowest BCUT2D eigenvalue weighted by atomic mass is 10.1. The van der Waals surface area contributed by atoms with Crippen molar-refractivity contribution in [1.82, 2.24) is 4.98 Å². The molecule has 174 valence electrons. The number of thiazole rings is 1. The van der Waals surface area contributed by atoms with Crippen molar-refractivity contribution in [3.05, 3.63) is 81.7 Å². The van der Waals surface area contributed by atoms with Crippen molar-refractivity contribution < 1.29 is 23.9 Å². The van der Waals surface area contributed by atoms with Gasteiger partial charge >= 0.3 is 5.00 Å². The SMILES string of the molecule is COCCOc1ccc(-c2nc(NC(=O)c3ccc([N+](=O)[O-])s3)sc2Oc2ccccc2)cc1. The number of carbonyl (C=O) groups excluding carboxylic acids is 1. The van der Waals surface area contributed by atoms with E-state index >= 15 is 0 Å². The van der Waals surface area contributed by atoms with Gasteiger partial charge in [-0.1, -0.05) is 40.9 Å². The van der Waals surface area contributed by atoms with E-state index in [4.69, 9.17) is 14.2 Å². The minimum atomic E-state index is -0.530.